The van der Waals surface area contributed by atoms with Crippen molar-refractivity contribution >= 4 is 71.3 Å². The zero-order valence-corrected chi connectivity index (χ0v) is 19.4. The molecule has 30 heavy (non-hydrogen) atoms. The Labute approximate surface area is 196 Å². The van der Waals surface area contributed by atoms with Crippen molar-refractivity contribution in [2.45, 2.75) is 6.92 Å². The maximum atomic E-state index is 12.2. The number of nitrogens with one attached hydrogen (secondary N) is 1. The molecule has 2 heterocycles. The summed E-state index contributed by atoms with van der Waals surface area (Å²) in [6.45, 7) is 1.08. The van der Waals surface area contributed by atoms with E-state index in [0.29, 0.717) is 10.1 Å². The molecule has 0 bridgehead atoms. The molecule has 2 aromatic carbocycles. The van der Waals surface area contributed by atoms with Crippen molar-refractivity contribution in [2.75, 3.05) is 5.32 Å². The summed E-state index contributed by atoms with van der Waals surface area (Å²) in [6, 6.07) is 20.3. The summed E-state index contributed by atoms with van der Waals surface area (Å²) in [7, 11) is 0. The number of carboxylic acids is 1. The van der Waals surface area contributed by atoms with Crippen LogP contribution < -0.4 is 8.13 Å². The van der Waals surface area contributed by atoms with Crippen molar-refractivity contribution < 1.29 is 14.7 Å². The molecule has 1 amide bonds. The monoisotopic (exact) mass is 427 g/mol. The molecule has 0 spiro atoms. The molecule has 1 aliphatic rings. The Kier molecular flexibility index (Phi) is 7.70. The predicted molar refractivity (Wildman–Crippen MR) is 123 cm³/mol. The van der Waals surface area contributed by atoms with E-state index in [1.54, 1.807) is 0 Å². The van der Waals surface area contributed by atoms with Crippen LogP contribution >= 0.6 is 11.8 Å². The number of amidine groups is 1. The van der Waals surface area contributed by atoms with Crippen LogP contribution in [0.5, 0.6) is 0 Å². The molecule has 0 saturated carbocycles. The first-order valence-corrected chi connectivity index (χ1v) is 11.0. The molecule has 6 nitrogen and oxygen atoms in total. The molecule has 0 radical (unpaired) electrons. The molecule has 1 aromatic heterocycles. The van der Waals surface area contributed by atoms with Crippen molar-refractivity contribution in [3.63, 3.8) is 0 Å². The molecule has 0 fully saturated rings. The number of carboxylic acid groups (broad SMARTS) is 1. The molecule has 1 aliphatic heterocycles. The van der Waals surface area contributed by atoms with E-state index in [1.807, 2.05) is 71.6 Å². The zero-order chi connectivity index (χ0) is 21.5. The maximum absolute atomic E-state index is 12.2. The quantitative estimate of drug-likeness (QED) is 0.494. The van der Waals surface area contributed by atoms with Crippen molar-refractivity contribution in [3.8, 4) is 5.69 Å². The van der Waals surface area contributed by atoms with Gasteiger partial charge in [-0.3, -0.25) is 4.79 Å². The Morgan fingerprint density at radius 1 is 1.10 bits per heavy atom. The summed E-state index contributed by atoms with van der Waals surface area (Å²) in [5.74, 6) is -1.04. The summed E-state index contributed by atoms with van der Waals surface area (Å²) < 4.78 is 3.37. The topological polar surface area (TPSA) is 83.7 Å². The molecule has 8 heteroatoms. The molecule has 0 saturated heterocycles. The van der Waals surface area contributed by atoms with E-state index in [0.717, 1.165) is 51.8 Å². The first-order valence-electron chi connectivity index (χ1n) is 9.20. The van der Waals surface area contributed by atoms with Gasteiger partial charge in [0, 0.05) is 25.0 Å². The van der Waals surface area contributed by atoms with E-state index in [-0.39, 0.29) is 5.91 Å². The number of carbonyl (C=O) groups is 2. The molecule has 0 atom stereocenters. The normalized spacial score (nSPS) is 14.2. The van der Waals surface area contributed by atoms with Gasteiger partial charge in [-0.1, -0.05) is 0 Å². The van der Waals surface area contributed by atoms with E-state index < -0.39 is 5.97 Å². The van der Waals surface area contributed by atoms with Gasteiger partial charge in [0.15, 0.2) is 0 Å². The van der Waals surface area contributed by atoms with E-state index in [9.17, 15) is 4.79 Å². The van der Waals surface area contributed by atoms with Crippen LogP contribution in [-0.2, 0) is 9.59 Å². The number of benzene rings is 2. The minimum atomic E-state index is -0.833. The van der Waals surface area contributed by atoms with Gasteiger partial charge in [0.05, 0.1) is 0 Å². The van der Waals surface area contributed by atoms with Gasteiger partial charge < -0.3 is 9.67 Å². The predicted octanol–water partition coefficient (Wildman–Crippen LogP) is 3.44. The van der Waals surface area contributed by atoms with E-state index in [4.69, 9.17) is 9.90 Å². The Morgan fingerprint density at radius 2 is 1.70 bits per heavy atom. The zero-order valence-electron chi connectivity index (χ0n) is 16.6. The average molecular weight is 427 g/mol. The van der Waals surface area contributed by atoms with Crippen molar-refractivity contribution in [1.29, 1.82) is 0 Å². The number of nitrogens with zero attached hydrogens (tertiary/aromatic N) is 2. The third-order valence-corrected chi connectivity index (χ3v) is 5.58. The fourth-order valence-corrected chi connectivity index (χ4v) is 3.79. The first-order chi connectivity index (χ1) is 14.4. The number of anilines is 1. The second-order valence-electron chi connectivity index (χ2n) is 6.52. The minimum absolute atomic E-state index is 0.202. The number of hydrogen-bond donors (Lipinski definition) is 2. The fourth-order valence-electron chi connectivity index (χ4n) is 2.62. The van der Waals surface area contributed by atoms with Crippen LogP contribution in [0.15, 0.2) is 83.0 Å². The van der Waals surface area contributed by atoms with Crippen LogP contribution in [0.4, 0.5) is 5.69 Å². The van der Waals surface area contributed by atoms with E-state index >= 15 is 0 Å². The van der Waals surface area contributed by atoms with Crippen LogP contribution in [-0.4, -0.2) is 54.6 Å². The Morgan fingerprint density at radius 3 is 2.30 bits per heavy atom. The van der Waals surface area contributed by atoms with Crippen LogP contribution in [0.25, 0.3) is 11.8 Å². The van der Waals surface area contributed by atoms with Crippen LogP contribution in [0.3, 0.4) is 0 Å². The van der Waals surface area contributed by atoms with Gasteiger partial charge in [0.1, 0.15) is 0 Å². The van der Waals surface area contributed by atoms with Gasteiger partial charge in [-0.25, -0.2) is 0 Å². The average Bonchev–Trinajstić information content (AvgIpc) is 3.35. The van der Waals surface area contributed by atoms with E-state index in [1.165, 1.54) is 14.6 Å². The summed E-state index contributed by atoms with van der Waals surface area (Å²) in [5.41, 5.74) is 3.01. The number of thioether (sulfide) groups is 1. The SMILES string of the molecule is CC(=O)O.O=C1N=C(Nc2cc[c]([Na])cc2)SC1=Cc1ccc(-n2cccc2)cc1. The third-order valence-electron chi connectivity index (χ3n) is 4.02. The third kappa shape index (κ3) is 6.47. The first kappa shape index (κ1) is 22.1. The number of aliphatic carboxylic acids is 1. The number of amides is 1. The summed E-state index contributed by atoms with van der Waals surface area (Å²) >= 11 is 2.40. The van der Waals surface area contributed by atoms with Crippen molar-refractivity contribution in [1.82, 2.24) is 4.57 Å². The van der Waals surface area contributed by atoms with E-state index in [2.05, 4.69) is 22.4 Å². The molecule has 146 valence electrons. The number of rotatable bonds is 3. The Balaban J connectivity index is 0.000000589. The van der Waals surface area contributed by atoms with Gasteiger partial charge >= 0.3 is 139 Å². The van der Waals surface area contributed by atoms with Crippen molar-refractivity contribution in [2.24, 2.45) is 4.99 Å². The summed E-state index contributed by atoms with van der Waals surface area (Å²) in [6.07, 6.45) is 5.89. The van der Waals surface area contributed by atoms with Crippen LogP contribution in [0, 0.1) is 0 Å². The molecule has 4 rings (SSSR count). The number of carbonyl (C=O) groups excluding carboxylic acids is 1. The number of aliphatic imine (C=N–C) groups is 1. The molecular formula is C22H18N3NaO3S. The van der Waals surface area contributed by atoms with Crippen LogP contribution in [0.2, 0.25) is 0 Å². The number of aromatic nitrogens is 1. The van der Waals surface area contributed by atoms with Crippen molar-refractivity contribution in [3.05, 3.63) is 83.5 Å². The summed E-state index contributed by atoms with van der Waals surface area (Å²) in [5, 5.41) is 11.2. The Hall–Kier alpha value is -2.58. The summed E-state index contributed by atoms with van der Waals surface area (Å²) in [4.78, 5) is 25.9. The van der Waals surface area contributed by atoms with Gasteiger partial charge in [0.2, 0.25) is 0 Å². The number of hydrogen-bond acceptors (Lipinski definition) is 4. The molecule has 0 unspecified atom stereocenters. The molecule has 3 aromatic rings. The van der Waals surface area contributed by atoms with Gasteiger partial charge in [-0.05, 0) is 12.1 Å². The van der Waals surface area contributed by atoms with Gasteiger partial charge in [-0.15, -0.1) is 0 Å². The van der Waals surface area contributed by atoms with Gasteiger partial charge in [0.25, 0.3) is 5.97 Å². The second kappa shape index (κ2) is 10.4. The second-order valence-corrected chi connectivity index (χ2v) is 8.71. The Bertz CT molecular complexity index is 1090. The fraction of sp³-hybridized carbons (Fsp3) is 0.0455. The van der Waals surface area contributed by atoms with Crippen LogP contribution in [0.1, 0.15) is 12.5 Å². The standard InChI is InChI=1S/C20H14N3OS.C2H4O2.Na/c24-19-18(25-20(22-19)21-16-6-2-1-3-7-16)14-15-8-10-17(11-9-15)23-12-4-5-13-23;1-2(3)4;/h2-14H,(H,21,22,24);1H3,(H,3,4);. The molecular weight excluding hydrogens is 409 g/mol. The van der Waals surface area contributed by atoms with Gasteiger partial charge in [-0.2, -0.15) is 0 Å². The molecule has 2 N–H and O–H groups in total. The molecule has 0 aliphatic carbocycles.